The maximum absolute atomic E-state index is 15.5. The zero-order valence-electron chi connectivity index (χ0n) is 74.0. The molecule has 0 bridgehead atoms. The monoisotopic (exact) mass is 1800 g/mol. The molecule has 1 fully saturated rings. The Morgan fingerprint density at radius 2 is 0.938 bits per heavy atom. The highest BCUT2D eigenvalue weighted by Crippen LogP contribution is 2.24. The summed E-state index contributed by atoms with van der Waals surface area (Å²) in [7, 11) is 6.49. The highest BCUT2D eigenvalue weighted by atomic mass is 32.2. The molecule has 11 atom stereocenters. The predicted molar refractivity (Wildman–Crippen MR) is 480 cm³/mol. The minimum Gasteiger partial charge on any atom is -0.508 e. The first-order valence-corrected chi connectivity index (χ1v) is 43.8. The molecule has 0 radical (unpaired) electrons. The minimum atomic E-state index is -1.91. The number of hydrogen-bond donors (Lipinski definition) is 13. The topological polar surface area (TPSA) is 480 Å². The number of likely N-dealkylation sites (N-methyl/N-ethyl adjacent to an activating group) is 5. The number of fused-ring (bicyclic) bond motifs is 1. The van der Waals surface area contributed by atoms with Crippen LogP contribution < -0.4 is 53.6 Å². The van der Waals surface area contributed by atoms with Crippen molar-refractivity contribution in [1.29, 1.82) is 0 Å². The molecule has 6 aromatic carbocycles. The molecule has 1 saturated heterocycles. The molecule has 15 amide bonds. The lowest BCUT2D eigenvalue weighted by molar-refractivity contribution is -0.151. The summed E-state index contributed by atoms with van der Waals surface area (Å²) in [4.78, 5) is 243. The number of H-pyrrole nitrogens is 1. The number of carbonyl (C=O) groups excluding carboxylic acids is 15. The van der Waals surface area contributed by atoms with Crippen molar-refractivity contribution >= 4 is 117 Å². The molecule has 1 aromatic heterocycles. The number of hydrogen-bond acceptors (Lipinski definition) is 18. The van der Waals surface area contributed by atoms with Crippen LogP contribution in [0.4, 0.5) is 4.39 Å². The fourth-order valence-electron chi connectivity index (χ4n) is 14.9. The maximum Gasteiger partial charge on any atom is 0.305 e. The summed E-state index contributed by atoms with van der Waals surface area (Å²) in [5.74, 6) is -18.1. The van der Waals surface area contributed by atoms with Crippen LogP contribution in [0.3, 0.4) is 0 Å². The van der Waals surface area contributed by atoms with Gasteiger partial charge in [-0.05, 0) is 88.4 Å². The van der Waals surface area contributed by atoms with Gasteiger partial charge in [-0.3, -0.25) is 76.7 Å². The van der Waals surface area contributed by atoms with Crippen molar-refractivity contribution in [2.45, 2.75) is 172 Å². The Morgan fingerprint density at radius 1 is 0.481 bits per heavy atom. The van der Waals surface area contributed by atoms with Gasteiger partial charge in [-0.15, -0.1) is 11.8 Å². The molecule has 11 unspecified atom stereocenters. The number of aromatic amines is 1. The molecule has 36 heteroatoms. The number of carboxylic acids is 1. The second-order valence-corrected chi connectivity index (χ2v) is 34.1. The number of nitrogens with two attached hydrogens (primary N) is 1. The summed E-state index contributed by atoms with van der Waals surface area (Å²) in [5, 5.41) is 45.1. The molecule has 34 nitrogen and oxygen atoms in total. The van der Waals surface area contributed by atoms with Crippen molar-refractivity contribution in [3.8, 4) is 5.75 Å². The number of phenolic OH excluding ortho intramolecular Hbond substituents is 1. The number of amides is 15. The number of carboxylic acid groups (broad SMARTS) is 1. The summed E-state index contributed by atoms with van der Waals surface area (Å²) >= 11 is 0.826. The van der Waals surface area contributed by atoms with Crippen LogP contribution in [-0.4, -0.2) is 267 Å². The Labute approximate surface area is 752 Å². The van der Waals surface area contributed by atoms with Crippen LogP contribution in [-0.2, 0) is 115 Å². The van der Waals surface area contributed by atoms with Gasteiger partial charge in [-0.25, -0.2) is 4.39 Å². The summed E-state index contributed by atoms with van der Waals surface area (Å²) in [6, 6.07) is 26.3. The van der Waals surface area contributed by atoms with E-state index in [0.717, 1.165) is 38.6 Å². The van der Waals surface area contributed by atoms with Crippen molar-refractivity contribution in [3.05, 3.63) is 209 Å². The van der Waals surface area contributed by atoms with E-state index in [1.54, 1.807) is 149 Å². The number of aromatic hydroxyl groups is 1. The van der Waals surface area contributed by atoms with E-state index in [1.165, 1.54) is 81.4 Å². The number of nitrogens with one attached hydrogen (secondary N) is 10. The molecule has 2 heterocycles. The van der Waals surface area contributed by atoms with Gasteiger partial charge in [0.2, 0.25) is 88.6 Å². The van der Waals surface area contributed by atoms with Gasteiger partial charge < -0.3 is 93.3 Å². The molecule has 8 rings (SSSR count). The van der Waals surface area contributed by atoms with Crippen molar-refractivity contribution in [2.24, 2.45) is 17.6 Å². The van der Waals surface area contributed by atoms with Crippen LogP contribution >= 0.6 is 11.8 Å². The molecular formula is C93H117FN16O18S. The van der Waals surface area contributed by atoms with Crippen molar-refractivity contribution in [3.63, 3.8) is 0 Å². The number of nitrogens with zero attached hydrogens (tertiary/aromatic N) is 5. The molecule has 0 saturated carbocycles. The Bertz CT molecular complexity index is 5070. The average molecular weight is 1800 g/mol. The van der Waals surface area contributed by atoms with Crippen LogP contribution in [0, 0.1) is 17.7 Å². The lowest BCUT2D eigenvalue weighted by Gasteiger charge is -2.37. The molecule has 0 spiro atoms. The number of aliphatic carboxylic acids is 1. The second-order valence-electron chi connectivity index (χ2n) is 33.0. The molecule has 14 N–H and O–H groups in total. The summed E-state index contributed by atoms with van der Waals surface area (Å²) in [5.41, 5.74) is 8.99. The zero-order valence-corrected chi connectivity index (χ0v) is 74.8. The Balaban J connectivity index is 1.21. The third-order valence-corrected chi connectivity index (χ3v) is 23.1. The number of para-hydroxylation sites is 1. The van der Waals surface area contributed by atoms with Gasteiger partial charge in [-0.2, -0.15) is 0 Å². The average Bonchev–Trinajstić information content (AvgIpc) is 1.50. The number of halogens is 1. The Morgan fingerprint density at radius 3 is 1.50 bits per heavy atom. The highest BCUT2D eigenvalue weighted by Gasteiger charge is 2.42. The SMILES string of the molecule is CCCCC1C(=O)N(C)CC(=O)NC(CC(=O)O)C(=O)NC(C(C)C)C(=O)N(C)C(Cc2ccccc2)C(=O)NC(Cc2ccc(F)cc2)C(=O)N(C)CC(=O)NC(Cc2c[nH]c3ccccc23)C(=O)NC(Cc2ccc(O)cc2)C(=O)NC(CC(C)C)C(=O)NC(C(=O)NCC(N)=O)CSCC(=O)NC(Cc2ccccc2)C(=O)N(C)C(Cc2ccccc2)C(=O)N1C. The fourth-order valence-corrected chi connectivity index (χ4v) is 15.8. The lowest BCUT2D eigenvalue weighted by Crippen LogP contribution is -2.61. The lowest BCUT2D eigenvalue weighted by atomic mass is 9.98. The third-order valence-electron chi connectivity index (χ3n) is 22.0. The molecule has 1 aliphatic heterocycles. The summed E-state index contributed by atoms with van der Waals surface area (Å²) in [6.45, 7) is 6.12. The van der Waals surface area contributed by atoms with Crippen LogP contribution in [0.2, 0.25) is 0 Å². The largest absolute Gasteiger partial charge is 0.508 e. The molecule has 0 aliphatic carbocycles. The minimum absolute atomic E-state index is 0.0261. The van der Waals surface area contributed by atoms with Crippen LogP contribution in [0.15, 0.2) is 170 Å². The molecule has 129 heavy (non-hydrogen) atoms. The fraction of sp³-hybridized carbons (Fsp3) is 0.419. The number of phenols is 1. The molecule has 7 aromatic rings. The van der Waals surface area contributed by atoms with Crippen LogP contribution in [0.5, 0.6) is 5.75 Å². The zero-order chi connectivity index (χ0) is 94.3. The predicted octanol–water partition coefficient (Wildman–Crippen LogP) is 2.76. The summed E-state index contributed by atoms with van der Waals surface area (Å²) < 4.78 is 14.6. The van der Waals surface area contributed by atoms with Gasteiger partial charge in [0.15, 0.2) is 0 Å². The number of aromatic nitrogens is 1. The normalized spacial score (nSPS) is 21.9. The highest BCUT2D eigenvalue weighted by molar-refractivity contribution is 8.00. The van der Waals surface area contributed by atoms with Crippen LogP contribution in [0.25, 0.3) is 10.9 Å². The van der Waals surface area contributed by atoms with E-state index < -0.39 is 205 Å². The van der Waals surface area contributed by atoms with E-state index in [2.05, 4.69) is 52.8 Å². The molecular weight excluding hydrogens is 1680 g/mol. The van der Waals surface area contributed by atoms with Crippen molar-refractivity contribution in [2.75, 3.05) is 66.4 Å². The number of thioether (sulfide) groups is 1. The van der Waals surface area contributed by atoms with E-state index >= 15 is 33.6 Å². The summed E-state index contributed by atoms with van der Waals surface area (Å²) in [6.07, 6.45) is -0.0323. The van der Waals surface area contributed by atoms with Crippen molar-refractivity contribution in [1.82, 2.24) is 77.3 Å². The van der Waals surface area contributed by atoms with Crippen molar-refractivity contribution < 1.29 is 91.3 Å². The first-order chi connectivity index (χ1) is 61.4. The number of carbonyl (C=O) groups is 16. The standard InChI is InChI=1S/C93H117FN16O18S/c1-11-12-32-74-91(126)107(7)52-79(114)99-70(48-81(116)117)87(122)105-82(56(4)5)93(128)109(9)75(45-58-26-18-14-19-27-58)88(123)103-71(44-60-33-37-63(94)38-34-60)89(124)106(6)51-78(113)98-69(47-62-49-96-66-31-23-22-30-65(62)66)86(121)102-68(42-61-35-39-64(111)40-36-61)85(120)101-67(41-55(2)3)84(119)104-73(83(118)97-50-77(95)112)53-129-54-80(115)100-72(43-57-24-16-13-17-25-57)90(125)110(10)76(92(127)108(74)8)46-59-28-20-15-21-29-59/h13-31,33-40,49,55-56,67-76,82,96,111H,11-12,32,41-48,50-54H2,1-10H3,(H2,95,112)(H,97,118)(H,98,113)(H,99,114)(H,100,115)(H,101,120)(H,102,121)(H,103,123)(H,104,119)(H,105,122)(H,116,117). The molecule has 690 valence electrons. The van der Waals surface area contributed by atoms with E-state index in [1.807, 2.05) is 6.92 Å². The number of benzene rings is 6. The van der Waals surface area contributed by atoms with Gasteiger partial charge in [-0.1, -0.05) is 181 Å². The van der Waals surface area contributed by atoms with Gasteiger partial charge in [0.25, 0.3) is 0 Å². The number of primary amides is 1. The number of unbranched alkanes of at least 4 members (excludes halogenated alkanes) is 1. The van der Waals surface area contributed by atoms with Gasteiger partial charge in [0, 0.05) is 96.6 Å². The maximum atomic E-state index is 15.5. The van der Waals surface area contributed by atoms with E-state index in [4.69, 9.17) is 5.73 Å². The second kappa shape index (κ2) is 49.0. The third kappa shape index (κ3) is 30.6. The first kappa shape index (κ1) is 101. The van der Waals surface area contributed by atoms with Gasteiger partial charge in [0.1, 0.15) is 78.0 Å². The van der Waals surface area contributed by atoms with E-state index in [0.29, 0.717) is 57.1 Å². The van der Waals surface area contributed by atoms with E-state index in [9.17, 15) is 57.8 Å². The quantitative estimate of drug-likeness (QED) is 0.0438. The van der Waals surface area contributed by atoms with E-state index in [-0.39, 0.29) is 68.8 Å². The van der Waals surface area contributed by atoms with Gasteiger partial charge >= 0.3 is 5.97 Å². The van der Waals surface area contributed by atoms with Crippen LogP contribution in [0.1, 0.15) is 100 Å². The first-order valence-electron chi connectivity index (χ1n) is 42.6. The van der Waals surface area contributed by atoms with Gasteiger partial charge in [0.05, 0.1) is 31.8 Å². The Kier molecular flexibility index (Phi) is 38.3. The Hall–Kier alpha value is -13.5. The molecule has 1 aliphatic rings. The smallest absolute Gasteiger partial charge is 0.305 e. The number of rotatable bonds is 23.